The third kappa shape index (κ3) is 2.52. The minimum atomic E-state index is -1.09. The molecule has 4 aliphatic rings. The first-order chi connectivity index (χ1) is 12.3. The molecule has 5 rings (SSSR count). The van der Waals surface area contributed by atoms with Gasteiger partial charge in [0.2, 0.25) is 5.91 Å². The Morgan fingerprint density at radius 3 is 2.69 bits per heavy atom. The third-order valence-corrected chi connectivity index (χ3v) is 6.60. The maximum atomic E-state index is 12.8. The summed E-state index contributed by atoms with van der Waals surface area (Å²) in [4.78, 5) is 24.7. The molecule has 7 heteroatoms. The fourth-order valence-corrected chi connectivity index (χ4v) is 4.83. The SMILES string of the molecule is CC(=O)N1N=C(c2ccco2)OC1C(=O)N[C@@H]1C[C@@H]2C[C@H]([C@H]1C)C2(C)C. The van der Waals surface area contributed by atoms with Gasteiger partial charge in [-0.15, -0.1) is 5.10 Å². The molecule has 1 unspecified atom stereocenters. The van der Waals surface area contributed by atoms with Crippen molar-refractivity contribution in [3.05, 3.63) is 24.2 Å². The number of hydrogen-bond acceptors (Lipinski definition) is 5. The Morgan fingerprint density at radius 1 is 1.35 bits per heavy atom. The van der Waals surface area contributed by atoms with Crippen LogP contribution in [0.25, 0.3) is 0 Å². The van der Waals surface area contributed by atoms with E-state index in [0.29, 0.717) is 28.9 Å². The van der Waals surface area contributed by atoms with Crippen molar-refractivity contribution in [3.63, 3.8) is 0 Å². The lowest BCUT2D eigenvalue weighted by Crippen LogP contribution is -2.62. The molecule has 1 aromatic rings. The molecular formula is C19H25N3O4. The van der Waals surface area contributed by atoms with Crippen molar-refractivity contribution in [1.82, 2.24) is 10.3 Å². The number of nitrogens with one attached hydrogen (secondary N) is 1. The van der Waals surface area contributed by atoms with Crippen LogP contribution in [0.5, 0.6) is 0 Å². The van der Waals surface area contributed by atoms with Gasteiger partial charge in [-0.1, -0.05) is 20.8 Å². The highest BCUT2D eigenvalue weighted by atomic mass is 16.6. The van der Waals surface area contributed by atoms with Gasteiger partial charge in [-0.2, -0.15) is 5.01 Å². The second-order valence-corrected chi connectivity index (χ2v) is 8.29. The molecule has 2 bridgehead atoms. The highest BCUT2D eigenvalue weighted by Crippen LogP contribution is 2.61. The number of amides is 2. The fraction of sp³-hybridized carbons (Fsp3) is 0.632. The van der Waals surface area contributed by atoms with Crippen LogP contribution in [-0.4, -0.2) is 35.0 Å². The summed E-state index contributed by atoms with van der Waals surface area (Å²) >= 11 is 0. The standard InChI is InChI=1S/C19H25N3O4/c1-10-13-8-12(19(13,3)4)9-14(10)20-16(24)18-22(11(2)23)21-17(26-18)15-6-5-7-25-15/h5-7,10,12-14,18H,8-9H2,1-4H3,(H,20,24)/t10-,12+,13-,14-,18?/m1/s1. The van der Waals surface area contributed by atoms with Gasteiger partial charge >= 0.3 is 0 Å². The Labute approximate surface area is 152 Å². The zero-order valence-corrected chi connectivity index (χ0v) is 15.6. The van der Waals surface area contributed by atoms with Crippen LogP contribution in [0.2, 0.25) is 0 Å². The van der Waals surface area contributed by atoms with Crippen molar-refractivity contribution in [2.75, 3.05) is 0 Å². The molecule has 140 valence electrons. The molecule has 2 heterocycles. The van der Waals surface area contributed by atoms with Crippen molar-refractivity contribution in [2.45, 2.75) is 52.8 Å². The fourth-order valence-electron chi connectivity index (χ4n) is 4.83. The number of ether oxygens (including phenoxy) is 1. The number of rotatable bonds is 3. The monoisotopic (exact) mass is 359 g/mol. The van der Waals surface area contributed by atoms with Crippen molar-refractivity contribution in [3.8, 4) is 0 Å². The Kier molecular flexibility index (Phi) is 3.86. The quantitative estimate of drug-likeness (QED) is 0.898. The molecule has 26 heavy (non-hydrogen) atoms. The van der Waals surface area contributed by atoms with E-state index in [1.54, 1.807) is 12.1 Å². The van der Waals surface area contributed by atoms with E-state index in [-0.39, 0.29) is 23.8 Å². The molecule has 0 radical (unpaired) electrons. The van der Waals surface area contributed by atoms with Gasteiger partial charge in [0.25, 0.3) is 18.0 Å². The number of hydrazone groups is 1. The maximum absolute atomic E-state index is 12.8. The van der Waals surface area contributed by atoms with Crippen LogP contribution in [0.3, 0.4) is 0 Å². The Bertz CT molecular complexity index is 755. The van der Waals surface area contributed by atoms with Crippen LogP contribution in [0.1, 0.15) is 46.3 Å². The number of carbonyl (C=O) groups is 2. The van der Waals surface area contributed by atoms with E-state index >= 15 is 0 Å². The van der Waals surface area contributed by atoms with Crippen LogP contribution in [0, 0.1) is 23.2 Å². The Morgan fingerprint density at radius 2 is 2.12 bits per heavy atom. The van der Waals surface area contributed by atoms with Crippen LogP contribution < -0.4 is 5.32 Å². The highest BCUT2D eigenvalue weighted by Gasteiger charge is 2.56. The number of furan rings is 1. The molecule has 0 spiro atoms. The molecule has 0 saturated heterocycles. The number of nitrogens with zero attached hydrogens (tertiary/aromatic N) is 2. The number of carbonyl (C=O) groups excluding carboxylic acids is 2. The normalized spacial score (nSPS) is 34.5. The van der Waals surface area contributed by atoms with E-state index in [1.807, 2.05) is 0 Å². The summed E-state index contributed by atoms with van der Waals surface area (Å²) in [7, 11) is 0. The van der Waals surface area contributed by atoms with Gasteiger partial charge in [-0.05, 0) is 48.1 Å². The number of fused-ring (bicyclic) bond motifs is 2. The summed E-state index contributed by atoms with van der Waals surface area (Å²) in [5, 5.41) is 8.29. The van der Waals surface area contributed by atoms with Gasteiger partial charge in [-0.3, -0.25) is 9.59 Å². The molecule has 3 aliphatic carbocycles. The topological polar surface area (TPSA) is 84.1 Å². The lowest BCUT2D eigenvalue weighted by Gasteiger charge is -2.62. The van der Waals surface area contributed by atoms with E-state index in [4.69, 9.17) is 9.15 Å². The van der Waals surface area contributed by atoms with Crippen LogP contribution in [-0.2, 0) is 14.3 Å². The molecular weight excluding hydrogens is 334 g/mol. The minimum Gasteiger partial charge on any atom is -0.459 e. The van der Waals surface area contributed by atoms with Crippen LogP contribution >= 0.6 is 0 Å². The second-order valence-electron chi connectivity index (χ2n) is 8.29. The molecule has 3 saturated carbocycles. The van der Waals surface area contributed by atoms with Gasteiger partial charge < -0.3 is 14.5 Å². The second kappa shape index (κ2) is 5.86. The summed E-state index contributed by atoms with van der Waals surface area (Å²) in [6, 6.07) is 3.48. The average Bonchev–Trinajstić information content (AvgIpc) is 3.25. The lowest BCUT2D eigenvalue weighted by molar-refractivity contribution is -0.151. The van der Waals surface area contributed by atoms with Gasteiger partial charge in [0, 0.05) is 13.0 Å². The summed E-state index contributed by atoms with van der Waals surface area (Å²) in [5.74, 6) is 1.50. The first kappa shape index (κ1) is 17.1. The molecule has 1 aromatic heterocycles. The molecule has 3 fully saturated rings. The van der Waals surface area contributed by atoms with Gasteiger partial charge in [0.1, 0.15) is 0 Å². The van der Waals surface area contributed by atoms with E-state index in [1.165, 1.54) is 19.6 Å². The van der Waals surface area contributed by atoms with E-state index in [9.17, 15) is 9.59 Å². The molecule has 5 atom stereocenters. The largest absolute Gasteiger partial charge is 0.459 e. The smallest absolute Gasteiger partial charge is 0.285 e. The van der Waals surface area contributed by atoms with E-state index < -0.39 is 6.23 Å². The number of hydrogen-bond donors (Lipinski definition) is 1. The summed E-state index contributed by atoms with van der Waals surface area (Å²) in [5.41, 5.74) is 0.353. The van der Waals surface area contributed by atoms with Crippen molar-refractivity contribution in [1.29, 1.82) is 0 Å². The average molecular weight is 359 g/mol. The molecule has 1 aliphatic heterocycles. The Hall–Kier alpha value is -2.31. The summed E-state index contributed by atoms with van der Waals surface area (Å²) < 4.78 is 10.9. The summed E-state index contributed by atoms with van der Waals surface area (Å²) in [6.07, 6.45) is 2.61. The predicted octanol–water partition coefficient (Wildman–Crippen LogP) is 2.33. The first-order valence-corrected chi connectivity index (χ1v) is 9.18. The molecule has 2 amide bonds. The third-order valence-electron chi connectivity index (χ3n) is 6.60. The highest BCUT2D eigenvalue weighted by molar-refractivity contribution is 5.98. The van der Waals surface area contributed by atoms with Crippen molar-refractivity contribution >= 4 is 17.7 Å². The van der Waals surface area contributed by atoms with Crippen molar-refractivity contribution in [2.24, 2.45) is 28.3 Å². The molecule has 0 aromatic carbocycles. The van der Waals surface area contributed by atoms with Crippen LogP contribution in [0.4, 0.5) is 0 Å². The van der Waals surface area contributed by atoms with Gasteiger partial charge in [0.15, 0.2) is 5.76 Å². The van der Waals surface area contributed by atoms with Crippen molar-refractivity contribution < 1.29 is 18.7 Å². The first-order valence-electron chi connectivity index (χ1n) is 9.18. The van der Waals surface area contributed by atoms with E-state index in [2.05, 4.69) is 31.2 Å². The molecule has 7 nitrogen and oxygen atoms in total. The zero-order chi connectivity index (χ0) is 18.6. The minimum absolute atomic E-state index is 0.101. The Balaban J connectivity index is 1.46. The molecule has 1 N–H and O–H groups in total. The maximum Gasteiger partial charge on any atom is 0.285 e. The predicted molar refractivity (Wildman–Crippen MR) is 93.7 cm³/mol. The van der Waals surface area contributed by atoms with Crippen LogP contribution in [0.15, 0.2) is 27.9 Å². The summed E-state index contributed by atoms with van der Waals surface area (Å²) in [6.45, 7) is 8.21. The lowest BCUT2D eigenvalue weighted by atomic mass is 9.45. The zero-order valence-electron chi connectivity index (χ0n) is 15.6. The van der Waals surface area contributed by atoms with Gasteiger partial charge in [0.05, 0.1) is 6.26 Å². The van der Waals surface area contributed by atoms with Gasteiger partial charge in [-0.25, -0.2) is 0 Å². The van der Waals surface area contributed by atoms with E-state index in [0.717, 1.165) is 11.4 Å².